The van der Waals surface area contributed by atoms with Gasteiger partial charge in [-0.15, -0.1) is 0 Å². The summed E-state index contributed by atoms with van der Waals surface area (Å²) in [5, 5.41) is 31.0. The summed E-state index contributed by atoms with van der Waals surface area (Å²) >= 11 is 0. The molecule has 1 aromatic heterocycles. The minimum atomic E-state index is -5.45. The minimum absolute atomic E-state index is 0.0995. The number of hydrogen-bond donors (Lipinski definition) is 6. The van der Waals surface area contributed by atoms with Crippen LogP contribution in [0, 0.1) is 5.92 Å². The lowest BCUT2D eigenvalue weighted by Crippen LogP contribution is -2.36. The molecular weight excluding hydrogens is 985 g/mol. The molecule has 73 heavy (non-hydrogen) atoms. The first-order valence-corrected chi connectivity index (χ1v) is 28.9. The third-order valence-corrected chi connectivity index (χ3v) is 13.9. The van der Waals surface area contributed by atoms with E-state index in [2.05, 4.69) is 42.2 Å². The Bertz CT molecular complexity index is 2040. The molecule has 1 aliphatic rings. The van der Waals surface area contributed by atoms with Crippen molar-refractivity contribution in [2.75, 3.05) is 25.6 Å². The molecule has 1 fully saturated rings. The smallest absolute Gasteiger partial charge is 0.462 e. The summed E-state index contributed by atoms with van der Waals surface area (Å²) in [6.07, 6.45) is 34.6. The van der Waals surface area contributed by atoms with E-state index in [1.807, 2.05) is 48.6 Å². The summed E-state index contributed by atoms with van der Waals surface area (Å²) in [4.78, 5) is 61.9. The molecule has 1 aliphatic heterocycles. The number of nitrogens with two attached hydrogens (primary N) is 1. The number of nitrogens with zero attached hydrogens (tertiary/aromatic N) is 2. The van der Waals surface area contributed by atoms with Gasteiger partial charge in [0.25, 0.3) is 0 Å². The van der Waals surface area contributed by atoms with E-state index in [0.29, 0.717) is 25.7 Å². The first kappa shape index (κ1) is 65.3. The highest BCUT2D eigenvalue weighted by atomic mass is 31.3. The van der Waals surface area contributed by atoms with Crippen molar-refractivity contribution in [2.24, 2.45) is 5.92 Å². The average Bonchev–Trinajstić information content (AvgIpc) is 3.61. The van der Waals surface area contributed by atoms with Crippen LogP contribution in [-0.2, 0) is 46.3 Å². The Balaban J connectivity index is 1.85. The lowest BCUT2D eigenvalue weighted by Gasteiger charge is -2.21. The first-order valence-electron chi connectivity index (χ1n) is 25.9. The van der Waals surface area contributed by atoms with Gasteiger partial charge in [-0.2, -0.15) is 9.29 Å². The molecular formula is C52H85N3O16P2. The van der Waals surface area contributed by atoms with Crippen LogP contribution in [0.15, 0.2) is 90.0 Å². The highest BCUT2D eigenvalue weighted by Gasteiger charge is 2.46. The van der Waals surface area contributed by atoms with E-state index < -0.39 is 89.8 Å². The number of hydrogen-bond acceptors (Lipinski definition) is 16. The maximum absolute atomic E-state index is 12.9. The van der Waals surface area contributed by atoms with Crippen LogP contribution < -0.4 is 11.4 Å². The summed E-state index contributed by atoms with van der Waals surface area (Å²) in [6.45, 7) is 4.20. The Morgan fingerprint density at radius 2 is 1.36 bits per heavy atom. The second-order valence-corrected chi connectivity index (χ2v) is 21.4. The van der Waals surface area contributed by atoms with Gasteiger partial charge in [0, 0.05) is 19.0 Å². The highest BCUT2D eigenvalue weighted by molar-refractivity contribution is 7.61. The number of phosphoric acid groups is 2. The number of aliphatic hydroxyl groups excluding tert-OH is 3. The monoisotopic (exact) mass is 1070 g/mol. The molecule has 1 saturated heterocycles. The van der Waals surface area contributed by atoms with Gasteiger partial charge < -0.3 is 45.1 Å². The molecule has 0 radical (unpaired) electrons. The third-order valence-electron chi connectivity index (χ3n) is 11.3. The van der Waals surface area contributed by atoms with Crippen molar-refractivity contribution < 1.29 is 71.4 Å². The summed E-state index contributed by atoms with van der Waals surface area (Å²) in [5.41, 5.74) is 4.58. The van der Waals surface area contributed by atoms with Crippen LogP contribution in [0.25, 0.3) is 0 Å². The van der Waals surface area contributed by atoms with E-state index >= 15 is 0 Å². The number of aliphatic hydroxyl groups is 3. The fraction of sp³-hybridized carbons (Fsp3) is 0.654. The largest absolute Gasteiger partial charge is 0.481 e. The molecule has 8 atom stereocenters. The standard InChI is InChI=1S/C52H85N3O16P2/c1-4-5-6-7-23-28-33-43(56)34-29-24-19-15-12-13-17-21-26-31-36-48(58)69-44(39-66-47(57)35-30-25-20-16-11-9-8-10-14-18-22-27-32-42(2)3)40-67-72(62,63)71-73(64,65)68-41-45-49(59)50(60)51(70-45)55-38-37-46(53)54-52(55)61/h5-6,12-13,19,21,23-24,26,28-29,34,37-38,42-45,49-51,56,59-60H,4,7-11,14-18,20,22,25,27,30-33,35-36,39-41H2,1-3H3,(H,62,63)(H,64,65)(H2,53,54,61)/b6-5-,13-12-,24-19-,26-21-,28-23-,34-29+/t43?,44-,45-,49-,50-,51-/m1/s1. The number of aromatic nitrogens is 2. The predicted octanol–water partition coefficient (Wildman–Crippen LogP) is 9.72. The maximum atomic E-state index is 12.9. The van der Waals surface area contributed by atoms with Crippen LogP contribution in [0.1, 0.15) is 162 Å². The molecule has 1 aromatic rings. The van der Waals surface area contributed by atoms with Gasteiger partial charge in [0.05, 0.1) is 19.3 Å². The third kappa shape index (κ3) is 32.3. The lowest BCUT2D eigenvalue weighted by molar-refractivity contribution is -0.161. The van der Waals surface area contributed by atoms with Gasteiger partial charge in [0.15, 0.2) is 12.3 Å². The number of nitrogen functional groups attached to an aromatic ring is 1. The number of esters is 2. The second kappa shape index (κ2) is 38.7. The Labute approximate surface area is 432 Å². The predicted molar refractivity (Wildman–Crippen MR) is 281 cm³/mol. The number of allylic oxidation sites excluding steroid dienone is 10. The number of carbonyl (C=O) groups is 2. The Morgan fingerprint density at radius 3 is 2.00 bits per heavy atom. The molecule has 2 rings (SSSR count). The lowest BCUT2D eigenvalue weighted by atomic mass is 10.0. The van der Waals surface area contributed by atoms with Gasteiger partial charge in [0.1, 0.15) is 30.7 Å². The van der Waals surface area contributed by atoms with Gasteiger partial charge in [-0.1, -0.05) is 171 Å². The highest BCUT2D eigenvalue weighted by Crippen LogP contribution is 2.60. The van der Waals surface area contributed by atoms with Crippen molar-refractivity contribution in [3.8, 4) is 0 Å². The topological polar surface area (TPSA) is 286 Å². The van der Waals surface area contributed by atoms with E-state index in [1.165, 1.54) is 57.4 Å². The molecule has 2 heterocycles. The van der Waals surface area contributed by atoms with E-state index in [1.54, 1.807) is 12.2 Å². The van der Waals surface area contributed by atoms with Crippen LogP contribution in [0.3, 0.4) is 0 Å². The van der Waals surface area contributed by atoms with Crippen molar-refractivity contribution in [3.05, 3.63) is 95.7 Å². The zero-order chi connectivity index (χ0) is 53.7. The summed E-state index contributed by atoms with van der Waals surface area (Å²) < 4.78 is 56.7. The van der Waals surface area contributed by atoms with Crippen molar-refractivity contribution in [3.63, 3.8) is 0 Å². The average molecular weight is 1070 g/mol. The molecule has 3 unspecified atom stereocenters. The van der Waals surface area contributed by atoms with E-state index in [4.69, 9.17) is 29.0 Å². The van der Waals surface area contributed by atoms with Crippen molar-refractivity contribution in [2.45, 2.75) is 192 Å². The molecule has 0 spiro atoms. The minimum Gasteiger partial charge on any atom is -0.462 e. The van der Waals surface area contributed by atoms with Gasteiger partial charge in [-0.3, -0.25) is 23.2 Å². The van der Waals surface area contributed by atoms with Crippen LogP contribution in [0.4, 0.5) is 5.82 Å². The summed E-state index contributed by atoms with van der Waals surface area (Å²) in [7, 11) is -10.9. The molecule has 414 valence electrons. The number of unbranched alkanes of at least 4 members (excludes halogenated alkanes) is 11. The van der Waals surface area contributed by atoms with Crippen LogP contribution in [-0.4, -0.2) is 96.9 Å². The number of rotatable bonds is 41. The normalized spacial score (nSPS) is 20.1. The van der Waals surface area contributed by atoms with Crippen LogP contribution in [0.2, 0.25) is 0 Å². The molecule has 7 N–H and O–H groups in total. The first-order chi connectivity index (χ1) is 34.9. The second-order valence-electron chi connectivity index (χ2n) is 18.3. The van der Waals surface area contributed by atoms with Crippen molar-refractivity contribution in [1.82, 2.24) is 9.55 Å². The van der Waals surface area contributed by atoms with Gasteiger partial charge >= 0.3 is 33.3 Å². The fourth-order valence-electron chi connectivity index (χ4n) is 7.31. The SMILES string of the molecule is CC/C=C\C/C=C\CC(O)/C=C/C=C\C/C=C\C/C=C\CCC(=O)O[C@H](COC(=O)CCCCCCCCCCCCCCC(C)C)COP(=O)(O)OP(=O)(O)OC[C@H]1O[C@@H](n2ccc(N)nc2=O)[C@H](O)[C@@H]1O. The quantitative estimate of drug-likeness (QED) is 0.0117. The van der Waals surface area contributed by atoms with Gasteiger partial charge in [0.2, 0.25) is 0 Å². The molecule has 19 nitrogen and oxygen atoms in total. The molecule has 21 heteroatoms. The van der Waals surface area contributed by atoms with Gasteiger partial charge in [-0.05, 0) is 56.9 Å². The van der Waals surface area contributed by atoms with Crippen molar-refractivity contribution >= 4 is 33.4 Å². The molecule has 0 bridgehead atoms. The maximum Gasteiger partial charge on any atom is 0.481 e. The molecule has 0 saturated carbocycles. The Kier molecular flexibility index (Phi) is 34.6. The zero-order valence-corrected chi connectivity index (χ0v) is 45.0. The molecule has 0 amide bonds. The number of ether oxygens (including phenoxy) is 3. The molecule has 0 aromatic carbocycles. The number of carbonyl (C=O) groups excluding carboxylic acids is 2. The van der Waals surface area contributed by atoms with Crippen LogP contribution >= 0.6 is 15.6 Å². The number of phosphoric ester groups is 2. The Morgan fingerprint density at radius 1 is 0.767 bits per heavy atom. The summed E-state index contributed by atoms with van der Waals surface area (Å²) in [6, 6.07) is 1.24. The van der Waals surface area contributed by atoms with Crippen LogP contribution in [0.5, 0.6) is 0 Å². The zero-order valence-electron chi connectivity index (χ0n) is 43.2. The van der Waals surface area contributed by atoms with E-state index in [9.17, 15) is 48.6 Å². The van der Waals surface area contributed by atoms with E-state index in [0.717, 1.165) is 55.2 Å². The number of anilines is 1. The van der Waals surface area contributed by atoms with Gasteiger partial charge in [-0.25, -0.2) is 13.9 Å². The van der Waals surface area contributed by atoms with E-state index in [-0.39, 0.29) is 25.1 Å². The van der Waals surface area contributed by atoms with Crippen molar-refractivity contribution in [1.29, 1.82) is 0 Å². The summed E-state index contributed by atoms with van der Waals surface area (Å²) in [5.74, 6) is -0.664. The fourth-order valence-corrected chi connectivity index (χ4v) is 9.42. The Hall–Kier alpha value is -3.84. The molecule has 0 aliphatic carbocycles.